The predicted octanol–water partition coefficient (Wildman–Crippen LogP) is 7.46. The Morgan fingerprint density at radius 3 is 1.55 bits per heavy atom. The zero-order valence-corrected chi connectivity index (χ0v) is 50.2. The number of carbonyl (C=O) groups is 2. The van der Waals surface area contributed by atoms with E-state index in [-0.39, 0.29) is 85.9 Å². The molecule has 2 aliphatic rings. The first-order valence-corrected chi connectivity index (χ1v) is 30.1. The second-order valence-corrected chi connectivity index (χ2v) is 27.1. The van der Waals surface area contributed by atoms with Crippen LogP contribution in [0.25, 0.3) is 0 Å². The number of hydrogen-bond acceptors (Lipinski definition) is 15. The minimum atomic E-state index is -4.05. The summed E-state index contributed by atoms with van der Waals surface area (Å²) in [6.07, 6.45) is -2.07. The number of nitrogens with zero attached hydrogens (tertiary/aromatic N) is 4. The summed E-state index contributed by atoms with van der Waals surface area (Å²) in [7, 11) is -6.58. The number of alkyl carbamates (subject to hydrolysis) is 2. The first-order valence-electron chi connectivity index (χ1n) is 27.2. The molecule has 0 radical (unpaired) electrons. The second-order valence-electron chi connectivity index (χ2n) is 23.2. The third-order valence-electron chi connectivity index (χ3n) is 13.9. The first kappa shape index (κ1) is 68.3. The van der Waals surface area contributed by atoms with Gasteiger partial charge in [-0.15, -0.1) is 0 Å². The number of carbonyl (C=O) groups excluding carboxylic acids is 2. The molecule has 2 saturated heterocycles. The van der Waals surface area contributed by atoms with Crippen molar-refractivity contribution in [2.24, 2.45) is 16.7 Å². The number of aliphatic hydroxyl groups is 2. The topological polar surface area (TPSA) is 299 Å². The molecular formula is C60H84N6O14S2. The molecule has 6 N–H and O–H groups in total. The zero-order chi connectivity index (χ0) is 59.6. The van der Waals surface area contributed by atoms with Crippen LogP contribution in [0.5, 0.6) is 5.75 Å². The van der Waals surface area contributed by atoms with Gasteiger partial charge in [0.15, 0.2) is 6.29 Å². The number of sulfonamides is 2. The van der Waals surface area contributed by atoms with E-state index in [1.54, 1.807) is 57.2 Å². The van der Waals surface area contributed by atoms with Crippen LogP contribution in [0, 0.1) is 46.3 Å². The molecule has 2 amide bonds. The molecule has 0 saturated carbocycles. The number of nitrogens with one attached hydrogen (secondary N) is 2. The van der Waals surface area contributed by atoms with Crippen molar-refractivity contribution >= 4 is 32.2 Å². The largest absolute Gasteiger partial charge is 0.497 e. The molecule has 4 aromatic carbocycles. The molecule has 0 bridgehead atoms. The van der Waals surface area contributed by atoms with Gasteiger partial charge in [0.25, 0.3) is 0 Å². The van der Waals surface area contributed by atoms with Gasteiger partial charge in [0.05, 0.1) is 72.5 Å². The molecule has 4 aromatic rings. The minimum Gasteiger partial charge on any atom is -0.497 e. The Bertz CT molecular complexity index is 2930. The molecule has 2 heterocycles. The lowest BCUT2D eigenvalue weighted by molar-refractivity contribution is -0.0907. The van der Waals surface area contributed by atoms with Gasteiger partial charge in [-0.05, 0) is 118 Å². The van der Waals surface area contributed by atoms with Gasteiger partial charge in [-0.1, -0.05) is 106 Å². The summed E-state index contributed by atoms with van der Waals surface area (Å²) in [6, 6.07) is 33.8. The van der Waals surface area contributed by atoms with E-state index in [1.807, 2.05) is 95.3 Å². The second kappa shape index (κ2) is 30.9. The highest BCUT2D eigenvalue weighted by molar-refractivity contribution is 7.89. The number of nitriles is 2. The van der Waals surface area contributed by atoms with E-state index < -0.39 is 79.1 Å². The van der Waals surface area contributed by atoms with Crippen molar-refractivity contribution in [1.82, 2.24) is 19.2 Å². The van der Waals surface area contributed by atoms with Crippen molar-refractivity contribution in [3.05, 3.63) is 126 Å². The lowest BCUT2D eigenvalue weighted by Crippen LogP contribution is -2.52. The van der Waals surface area contributed by atoms with Crippen molar-refractivity contribution < 1.29 is 65.8 Å². The Labute approximate surface area is 485 Å². The van der Waals surface area contributed by atoms with Crippen LogP contribution in [-0.4, -0.2) is 142 Å². The maximum absolute atomic E-state index is 13.9. The number of aryl methyl sites for hydroxylation is 1. The molecule has 2 aliphatic heterocycles. The molecule has 0 aliphatic carbocycles. The van der Waals surface area contributed by atoms with Gasteiger partial charge in [0.1, 0.15) is 17.5 Å². The molecule has 5 unspecified atom stereocenters. The Kier molecular flexibility index (Phi) is 25.8. The predicted molar refractivity (Wildman–Crippen MR) is 309 cm³/mol. The van der Waals surface area contributed by atoms with Crippen molar-refractivity contribution in [3.8, 4) is 17.9 Å². The van der Waals surface area contributed by atoms with Gasteiger partial charge in [0.2, 0.25) is 20.0 Å². The molecule has 0 spiro atoms. The number of amides is 2. The van der Waals surface area contributed by atoms with Gasteiger partial charge in [-0.2, -0.15) is 19.1 Å². The molecule has 2 fully saturated rings. The fourth-order valence-corrected chi connectivity index (χ4v) is 12.7. The smallest absolute Gasteiger partial charge is 0.407 e. The SMILES string of the molecule is COc1ccc(S(=O)(=O)N(CC(O)[C@H](Cc2ccccc2)NC(=O)OC(C)(C)C)CC(C)(C)CCC#N)cc1.Cc1ccc(S(=O)(=O)N(CC(O)[C@H](Cc2ccccc2)NC(=O)OC2COC3OCCC23)CC(C)(C)CCC#N)cc1.O. The molecule has 22 heteroatoms. The number of hydrogen-bond donors (Lipinski definition) is 4. The quantitative estimate of drug-likeness (QED) is 0.0474. The van der Waals surface area contributed by atoms with Gasteiger partial charge in [-0.25, -0.2) is 26.4 Å². The highest BCUT2D eigenvalue weighted by Crippen LogP contribution is 2.34. The lowest BCUT2D eigenvalue weighted by Gasteiger charge is -2.35. The standard InChI is InChI=1S/C31H41N3O7S.C29H41N3O6S.H2O/c1-22-10-12-24(13-11-22)42(37,38)34(21-31(2,3)15-7-16-32)19-27(35)26(18-23-8-5-4-6-9-23)33-30(36)41-28-20-40-29-25(28)14-17-39-29;1-28(2,3)38-27(34)31-25(19-22-11-8-7-9-12-22)26(33)20-32(21-29(4,5)17-10-18-30)39(35,36)24-15-13-23(37-6)14-16-24;/h4-6,8-13,25-29,35H,7,14-15,17-21H2,1-3H3,(H,33,36);7-9,11-16,25-26,33H,10,17,19-21H2,1-6H3,(H,31,34);1H2/t25?,26-,27?,28?,29?;25-,26?;/m00./s1. The van der Waals surface area contributed by atoms with Gasteiger partial charge in [0, 0.05) is 39.0 Å². The molecule has 6 rings (SSSR count). The zero-order valence-electron chi connectivity index (χ0n) is 48.6. The Morgan fingerprint density at radius 1 is 0.683 bits per heavy atom. The van der Waals surface area contributed by atoms with Crippen LogP contribution in [0.15, 0.2) is 119 Å². The summed E-state index contributed by atoms with van der Waals surface area (Å²) in [5.41, 5.74) is 0.790. The maximum atomic E-state index is 13.9. The number of methoxy groups -OCH3 is 1. The van der Waals surface area contributed by atoms with Crippen molar-refractivity contribution in [3.63, 3.8) is 0 Å². The highest BCUT2D eigenvalue weighted by atomic mass is 32.2. The van der Waals surface area contributed by atoms with E-state index in [9.17, 15) is 36.6 Å². The Hall–Kier alpha value is -6.18. The third kappa shape index (κ3) is 21.2. The molecule has 450 valence electrons. The van der Waals surface area contributed by atoms with Crippen LogP contribution in [0.1, 0.15) is 97.3 Å². The molecular weight excluding hydrogens is 1090 g/mol. The van der Waals surface area contributed by atoms with Crippen molar-refractivity contribution in [2.45, 2.75) is 152 Å². The minimum absolute atomic E-state index is 0. The van der Waals surface area contributed by atoms with E-state index in [1.165, 1.54) is 27.9 Å². The van der Waals surface area contributed by atoms with Gasteiger partial charge in [-0.3, -0.25) is 0 Å². The average molecular weight is 1180 g/mol. The Morgan fingerprint density at radius 2 is 1.12 bits per heavy atom. The molecule has 20 nitrogen and oxygen atoms in total. The number of aliphatic hydroxyl groups excluding tert-OH is 2. The summed E-state index contributed by atoms with van der Waals surface area (Å²) >= 11 is 0. The monoisotopic (exact) mass is 1180 g/mol. The normalized spacial score (nSPS) is 17.8. The summed E-state index contributed by atoms with van der Waals surface area (Å²) in [5.74, 6) is 0.471. The van der Waals surface area contributed by atoms with Crippen LogP contribution in [-0.2, 0) is 51.8 Å². The van der Waals surface area contributed by atoms with Crippen LogP contribution in [0.4, 0.5) is 9.59 Å². The average Bonchev–Trinajstić information content (AvgIpc) is 4.09. The van der Waals surface area contributed by atoms with E-state index >= 15 is 0 Å². The molecule has 0 aromatic heterocycles. The van der Waals surface area contributed by atoms with Crippen LogP contribution in [0.2, 0.25) is 0 Å². The number of rotatable bonds is 26. The number of ether oxygens (including phenoxy) is 5. The maximum Gasteiger partial charge on any atom is 0.407 e. The lowest BCUT2D eigenvalue weighted by atomic mass is 9.88. The number of benzene rings is 4. The van der Waals surface area contributed by atoms with Crippen LogP contribution >= 0.6 is 0 Å². The third-order valence-corrected chi connectivity index (χ3v) is 17.6. The van der Waals surface area contributed by atoms with Crippen LogP contribution < -0.4 is 15.4 Å². The van der Waals surface area contributed by atoms with Crippen LogP contribution in [0.3, 0.4) is 0 Å². The van der Waals surface area contributed by atoms with E-state index in [0.717, 1.165) is 23.1 Å². The van der Waals surface area contributed by atoms with E-state index in [0.29, 0.717) is 25.2 Å². The fourth-order valence-electron chi connectivity index (χ4n) is 9.46. The number of fused-ring (bicyclic) bond motifs is 1. The van der Waals surface area contributed by atoms with E-state index in [4.69, 9.17) is 34.2 Å². The summed E-state index contributed by atoms with van der Waals surface area (Å²) in [6.45, 7) is 15.0. The molecule has 82 heavy (non-hydrogen) atoms. The van der Waals surface area contributed by atoms with E-state index in [2.05, 4.69) is 22.8 Å². The summed E-state index contributed by atoms with van der Waals surface area (Å²) < 4.78 is 85.2. The first-order chi connectivity index (χ1) is 38.1. The summed E-state index contributed by atoms with van der Waals surface area (Å²) in [4.78, 5) is 25.9. The van der Waals surface area contributed by atoms with Gasteiger partial charge >= 0.3 is 12.2 Å². The van der Waals surface area contributed by atoms with Gasteiger partial charge < -0.3 is 50.0 Å². The van der Waals surface area contributed by atoms with Crippen molar-refractivity contribution in [1.29, 1.82) is 10.5 Å². The summed E-state index contributed by atoms with van der Waals surface area (Å²) in [5, 5.41) is 46.7. The fraction of sp³-hybridized carbons (Fsp3) is 0.533. The highest BCUT2D eigenvalue weighted by Gasteiger charge is 2.44. The molecule has 7 atom stereocenters. The van der Waals surface area contributed by atoms with Crippen molar-refractivity contribution in [2.75, 3.05) is 46.5 Å². The Balaban J connectivity index is 0.000000349.